The lowest BCUT2D eigenvalue weighted by Crippen LogP contribution is -2.40. The number of allylic oxidation sites excluding steroid dienone is 2. The Hall–Kier alpha value is -0.460. The fraction of sp³-hybridized carbons (Fsp3) is 0.913. The van der Waals surface area contributed by atoms with Crippen molar-refractivity contribution in [3.05, 3.63) is 12.2 Å². The van der Waals surface area contributed by atoms with Gasteiger partial charge in [0.2, 0.25) is 0 Å². The number of ether oxygens (including phenoxy) is 2. The van der Waals surface area contributed by atoms with Gasteiger partial charge in [0.25, 0.3) is 0 Å². The average molecular weight is 401 g/mol. The van der Waals surface area contributed by atoms with Crippen LogP contribution in [-0.2, 0) is 9.47 Å². The first-order valence-electron chi connectivity index (χ1n) is 11.5. The van der Waals surface area contributed by atoms with Crippen LogP contribution in [0.3, 0.4) is 0 Å². The fourth-order valence-corrected chi connectivity index (χ4v) is 3.52. The number of hydrogen-bond donors (Lipinski definition) is 3. The maximum Gasteiger partial charge on any atom is 0.114 e. The maximum absolute atomic E-state index is 9.94. The molecule has 4 atom stereocenters. The highest BCUT2D eigenvalue weighted by Crippen LogP contribution is 2.18. The summed E-state index contributed by atoms with van der Waals surface area (Å²) in [5.41, 5.74) is 0. The first kappa shape index (κ1) is 25.6. The van der Waals surface area contributed by atoms with Gasteiger partial charge < -0.3 is 24.8 Å². The molecule has 1 fully saturated rings. The Morgan fingerprint density at radius 3 is 2.04 bits per heavy atom. The molecule has 0 aromatic rings. The smallest absolute Gasteiger partial charge is 0.114 e. The number of unbranched alkanes of at least 4 members (excludes halogenated alkanes) is 11. The lowest BCUT2D eigenvalue weighted by molar-refractivity contribution is -0.0813. The molecule has 0 amide bonds. The van der Waals surface area contributed by atoms with Crippen molar-refractivity contribution < 1.29 is 24.8 Å². The van der Waals surface area contributed by atoms with Crippen LogP contribution in [0.5, 0.6) is 0 Å². The Bertz CT molecular complexity index is 374. The zero-order valence-corrected chi connectivity index (χ0v) is 17.9. The molecule has 1 heterocycles. The van der Waals surface area contributed by atoms with Crippen LogP contribution in [-0.4, -0.2) is 59.6 Å². The summed E-state index contributed by atoms with van der Waals surface area (Å²) in [6.45, 7) is 3.07. The van der Waals surface area contributed by atoms with Crippen LogP contribution in [0.1, 0.15) is 90.4 Å². The first-order chi connectivity index (χ1) is 13.7. The molecule has 5 heteroatoms. The SMILES string of the molecule is CCCC/C=C/CCCCCCCCCCCOC[C@@H](O)[C@@H]1OC[C@H](O)[C@@H]1O. The molecule has 0 saturated carbocycles. The molecular weight excluding hydrogens is 356 g/mol. The predicted octanol–water partition coefficient (Wildman–Crippen LogP) is 4.13. The zero-order valence-electron chi connectivity index (χ0n) is 17.9. The van der Waals surface area contributed by atoms with Crippen LogP contribution in [0.2, 0.25) is 0 Å². The van der Waals surface area contributed by atoms with Crippen molar-refractivity contribution in [3.63, 3.8) is 0 Å². The summed E-state index contributed by atoms with van der Waals surface area (Å²) >= 11 is 0. The van der Waals surface area contributed by atoms with E-state index in [-0.39, 0.29) is 13.2 Å². The Morgan fingerprint density at radius 1 is 0.893 bits per heavy atom. The van der Waals surface area contributed by atoms with Crippen molar-refractivity contribution in [2.45, 2.75) is 115 Å². The Balaban J connectivity index is 1.78. The first-order valence-corrected chi connectivity index (χ1v) is 11.5. The quantitative estimate of drug-likeness (QED) is 0.238. The fourth-order valence-electron chi connectivity index (χ4n) is 3.52. The molecule has 166 valence electrons. The Morgan fingerprint density at radius 2 is 1.46 bits per heavy atom. The molecule has 0 aromatic carbocycles. The molecule has 0 aliphatic carbocycles. The van der Waals surface area contributed by atoms with E-state index in [1.807, 2.05) is 0 Å². The summed E-state index contributed by atoms with van der Waals surface area (Å²) in [6, 6.07) is 0. The van der Waals surface area contributed by atoms with E-state index in [9.17, 15) is 15.3 Å². The molecule has 28 heavy (non-hydrogen) atoms. The second kappa shape index (κ2) is 17.4. The van der Waals surface area contributed by atoms with Crippen LogP contribution in [0.15, 0.2) is 12.2 Å². The minimum atomic E-state index is -1.03. The lowest BCUT2D eigenvalue weighted by Gasteiger charge is -2.20. The van der Waals surface area contributed by atoms with Gasteiger partial charge in [-0.3, -0.25) is 0 Å². The van der Waals surface area contributed by atoms with E-state index in [0.717, 1.165) is 12.8 Å². The topological polar surface area (TPSA) is 79.2 Å². The van der Waals surface area contributed by atoms with E-state index in [0.29, 0.717) is 6.61 Å². The number of aliphatic hydroxyl groups is 3. The minimum absolute atomic E-state index is 0.0684. The van der Waals surface area contributed by atoms with Gasteiger partial charge in [0.15, 0.2) is 0 Å². The van der Waals surface area contributed by atoms with Crippen LogP contribution >= 0.6 is 0 Å². The summed E-state index contributed by atoms with van der Waals surface area (Å²) in [5.74, 6) is 0. The second-order valence-corrected chi connectivity index (χ2v) is 8.08. The van der Waals surface area contributed by atoms with Gasteiger partial charge in [0.05, 0.1) is 13.2 Å². The van der Waals surface area contributed by atoms with Crippen LogP contribution in [0, 0.1) is 0 Å². The molecular formula is C23H44O5. The molecule has 1 saturated heterocycles. The average Bonchev–Trinajstić information content (AvgIpc) is 3.03. The standard InChI is InChI=1S/C23H44O5/c1-2-3-4-5-6-7-8-9-10-11-12-13-14-15-16-17-27-18-21(25)23-22(26)20(24)19-28-23/h5-6,20-26H,2-4,7-19H2,1H3/b6-5+/t20-,21+,22-,23-/m0/s1. The van der Waals surface area contributed by atoms with Gasteiger partial charge in [0.1, 0.15) is 24.4 Å². The third-order valence-corrected chi connectivity index (χ3v) is 5.41. The number of rotatable bonds is 18. The van der Waals surface area contributed by atoms with Crippen LogP contribution in [0.25, 0.3) is 0 Å². The van der Waals surface area contributed by atoms with Crippen molar-refractivity contribution in [1.29, 1.82) is 0 Å². The zero-order chi connectivity index (χ0) is 20.5. The lowest BCUT2D eigenvalue weighted by atomic mass is 10.1. The van der Waals surface area contributed by atoms with Crippen molar-refractivity contribution in [1.82, 2.24) is 0 Å². The highest BCUT2D eigenvalue weighted by Gasteiger charge is 2.39. The summed E-state index contributed by atoms with van der Waals surface area (Å²) in [6.07, 6.45) is 17.6. The van der Waals surface area contributed by atoms with Crippen molar-refractivity contribution in [2.75, 3.05) is 19.8 Å². The van der Waals surface area contributed by atoms with Crippen LogP contribution in [0.4, 0.5) is 0 Å². The molecule has 1 aliphatic rings. The van der Waals surface area contributed by atoms with E-state index < -0.39 is 24.4 Å². The normalized spacial score (nSPS) is 23.6. The van der Waals surface area contributed by atoms with Gasteiger partial charge in [-0.25, -0.2) is 0 Å². The summed E-state index contributed by atoms with van der Waals surface area (Å²) in [7, 11) is 0. The summed E-state index contributed by atoms with van der Waals surface area (Å²) in [5, 5.41) is 29.0. The van der Waals surface area contributed by atoms with Crippen LogP contribution < -0.4 is 0 Å². The molecule has 0 spiro atoms. The Kier molecular flexibility index (Phi) is 15.9. The van der Waals surface area contributed by atoms with E-state index in [2.05, 4.69) is 19.1 Å². The largest absolute Gasteiger partial charge is 0.388 e. The Labute approximate surface area is 172 Å². The van der Waals surface area contributed by atoms with E-state index in [4.69, 9.17) is 9.47 Å². The van der Waals surface area contributed by atoms with Crippen molar-refractivity contribution in [3.8, 4) is 0 Å². The van der Waals surface area contributed by atoms with Gasteiger partial charge in [-0.15, -0.1) is 0 Å². The predicted molar refractivity (Wildman–Crippen MR) is 113 cm³/mol. The molecule has 5 nitrogen and oxygen atoms in total. The number of hydrogen-bond acceptors (Lipinski definition) is 5. The van der Waals surface area contributed by atoms with E-state index in [1.165, 1.54) is 70.6 Å². The molecule has 0 unspecified atom stereocenters. The molecule has 0 bridgehead atoms. The van der Waals surface area contributed by atoms with E-state index in [1.54, 1.807) is 0 Å². The third kappa shape index (κ3) is 12.2. The van der Waals surface area contributed by atoms with Gasteiger partial charge in [0, 0.05) is 6.61 Å². The highest BCUT2D eigenvalue weighted by molar-refractivity contribution is 4.87. The highest BCUT2D eigenvalue weighted by atomic mass is 16.5. The second-order valence-electron chi connectivity index (χ2n) is 8.08. The number of aliphatic hydroxyl groups excluding tert-OH is 3. The molecule has 1 aliphatic heterocycles. The van der Waals surface area contributed by atoms with Gasteiger partial charge >= 0.3 is 0 Å². The molecule has 3 N–H and O–H groups in total. The van der Waals surface area contributed by atoms with Gasteiger partial charge in [-0.1, -0.05) is 76.9 Å². The summed E-state index contributed by atoms with van der Waals surface area (Å²) in [4.78, 5) is 0. The molecule has 0 aromatic heterocycles. The minimum Gasteiger partial charge on any atom is -0.388 e. The maximum atomic E-state index is 9.94. The monoisotopic (exact) mass is 400 g/mol. The van der Waals surface area contributed by atoms with Crippen molar-refractivity contribution in [2.24, 2.45) is 0 Å². The molecule has 0 radical (unpaired) electrons. The summed E-state index contributed by atoms with van der Waals surface area (Å²) < 4.78 is 10.7. The van der Waals surface area contributed by atoms with Crippen molar-refractivity contribution >= 4 is 0 Å². The van der Waals surface area contributed by atoms with Gasteiger partial charge in [-0.05, 0) is 25.7 Å². The van der Waals surface area contributed by atoms with Gasteiger partial charge in [-0.2, -0.15) is 0 Å². The third-order valence-electron chi connectivity index (χ3n) is 5.41. The van der Waals surface area contributed by atoms with E-state index >= 15 is 0 Å². The molecule has 1 rings (SSSR count).